The lowest BCUT2D eigenvalue weighted by Gasteiger charge is -2.08. The molecule has 0 unspecified atom stereocenters. The van der Waals surface area contributed by atoms with Gasteiger partial charge in [0.2, 0.25) is 0 Å². The number of hydrogen-bond acceptors (Lipinski definition) is 4. The van der Waals surface area contributed by atoms with Crippen LogP contribution in [-0.2, 0) is 4.79 Å². The molecule has 0 aromatic rings. The highest BCUT2D eigenvalue weighted by molar-refractivity contribution is 5.96. The van der Waals surface area contributed by atoms with E-state index in [1.54, 1.807) is 0 Å². The summed E-state index contributed by atoms with van der Waals surface area (Å²) in [6, 6.07) is 0. The molecular formula is C5H8N2O3. The molecule has 0 aromatic carbocycles. The van der Waals surface area contributed by atoms with Gasteiger partial charge in [0.1, 0.15) is 12.3 Å². The maximum atomic E-state index is 10.1. The Kier molecular flexibility index (Phi) is 1.86. The van der Waals surface area contributed by atoms with Gasteiger partial charge >= 0.3 is 5.97 Å². The summed E-state index contributed by atoms with van der Waals surface area (Å²) in [6.07, 6.45) is -0.198. The van der Waals surface area contributed by atoms with E-state index in [4.69, 9.17) is 10.3 Å². The Bertz CT molecular complexity index is 178. The molecule has 0 aliphatic carbocycles. The van der Waals surface area contributed by atoms with Crippen LogP contribution in [0.3, 0.4) is 0 Å². The predicted molar refractivity (Wildman–Crippen MR) is 33.0 cm³/mol. The minimum atomic E-state index is -0.972. The highest BCUT2D eigenvalue weighted by Gasteiger charge is 2.16. The quantitative estimate of drug-likeness (QED) is 0.551. The molecule has 5 heteroatoms. The number of amidine groups is 1. The molecule has 5 nitrogen and oxygen atoms in total. The van der Waals surface area contributed by atoms with E-state index < -0.39 is 5.97 Å². The lowest BCUT2D eigenvalue weighted by molar-refractivity contribution is -0.136. The van der Waals surface area contributed by atoms with E-state index >= 15 is 0 Å². The van der Waals surface area contributed by atoms with Crippen LogP contribution in [0.5, 0.6) is 0 Å². The number of carboxylic acid groups (broad SMARTS) is 1. The molecule has 0 radical (unpaired) electrons. The first-order valence-corrected chi connectivity index (χ1v) is 2.91. The van der Waals surface area contributed by atoms with Crippen molar-refractivity contribution < 1.29 is 15.1 Å². The number of hydroxylamine groups is 2. The number of carboxylic acids is 1. The Morgan fingerprint density at radius 1 is 1.80 bits per heavy atom. The van der Waals surface area contributed by atoms with E-state index in [1.165, 1.54) is 0 Å². The van der Waals surface area contributed by atoms with E-state index in [2.05, 4.69) is 4.99 Å². The number of aliphatic carboxylic acids is 1. The fraction of sp³-hybridized carbons (Fsp3) is 0.600. The second-order valence-electron chi connectivity index (χ2n) is 1.99. The van der Waals surface area contributed by atoms with Crippen LogP contribution in [0.15, 0.2) is 4.99 Å². The highest BCUT2D eigenvalue weighted by Crippen LogP contribution is 2.00. The van der Waals surface area contributed by atoms with Crippen molar-refractivity contribution in [2.75, 3.05) is 13.1 Å². The molecule has 0 saturated heterocycles. The van der Waals surface area contributed by atoms with Crippen molar-refractivity contribution in [2.24, 2.45) is 4.99 Å². The molecule has 1 aliphatic rings. The first-order chi connectivity index (χ1) is 4.70. The van der Waals surface area contributed by atoms with Gasteiger partial charge in [-0.05, 0) is 0 Å². The van der Waals surface area contributed by atoms with Crippen LogP contribution in [0.2, 0.25) is 0 Å². The minimum Gasteiger partial charge on any atom is -0.481 e. The van der Waals surface area contributed by atoms with Crippen LogP contribution in [0.25, 0.3) is 0 Å². The van der Waals surface area contributed by atoms with E-state index in [9.17, 15) is 4.79 Å². The average molecular weight is 144 g/mol. The van der Waals surface area contributed by atoms with Crippen molar-refractivity contribution in [2.45, 2.75) is 6.42 Å². The third-order valence-corrected chi connectivity index (χ3v) is 1.21. The lowest BCUT2D eigenvalue weighted by atomic mass is 10.4. The smallest absolute Gasteiger partial charge is 0.311 e. The Morgan fingerprint density at radius 3 is 2.90 bits per heavy atom. The topological polar surface area (TPSA) is 73.1 Å². The molecule has 2 N–H and O–H groups in total. The number of carbonyl (C=O) groups is 1. The molecule has 0 amide bonds. The molecule has 0 fully saturated rings. The Hall–Kier alpha value is -1.10. The van der Waals surface area contributed by atoms with Gasteiger partial charge in [0.05, 0.1) is 13.1 Å². The van der Waals surface area contributed by atoms with Crippen molar-refractivity contribution in [3.05, 3.63) is 0 Å². The largest absolute Gasteiger partial charge is 0.481 e. The summed E-state index contributed by atoms with van der Waals surface area (Å²) in [5, 5.41) is 18.0. The first kappa shape index (κ1) is 7.01. The van der Waals surface area contributed by atoms with Gasteiger partial charge in [0.15, 0.2) is 0 Å². The zero-order valence-corrected chi connectivity index (χ0v) is 5.32. The van der Waals surface area contributed by atoms with Gasteiger partial charge in [0, 0.05) is 0 Å². The predicted octanol–water partition coefficient (Wildman–Crippen LogP) is -0.436. The van der Waals surface area contributed by atoms with E-state index in [0.717, 1.165) is 5.06 Å². The van der Waals surface area contributed by atoms with Gasteiger partial charge in [-0.3, -0.25) is 15.0 Å². The van der Waals surface area contributed by atoms with Crippen LogP contribution in [0.4, 0.5) is 0 Å². The molecule has 0 spiro atoms. The standard InChI is InChI=1S/C5H8N2O3/c8-5(9)3-4-6-1-2-7(4)10/h10H,1-3H2,(H,8,9). The van der Waals surface area contributed by atoms with Gasteiger partial charge in [0.25, 0.3) is 0 Å². The summed E-state index contributed by atoms with van der Waals surface area (Å²) in [5.41, 5.74) is 0. The summed E-state index contributed by atoms with van der Waals surface area (Å²) >= 11 is 0. The van der Waals surface area contributed by atoms with Crippen molar-refractivity contribution in [1.29, 1.82) is 0 Å². The fourth-order valence-corrected chi connectivity index (χ4v) is 0.767. The van der Waals surface area contributed by atoms with Crippen molar-refractivity contribution in [1.82, 2.24) is 5.06 Å². The first-order valence-electron chi connectivity index (χ1n) is 2.91. The highest BCUT2D eigenvalue weighted by atomic mass is 16.5. The number of nitrogens with zero attached hydrogens (tertiary/aromatic N) is 2. The molecule has 56 valence electrons. The summed E-state index contributed by atoms with van der Waals surface area (Å²) in [7, 11) is 0. The summed E-state index contributed by atoms with van der Waals surface area (Å²) in [4.78, 5) is 13.9. The second kappa shape index (κ2) is 2.66. The SMILES string of the molecule is O=C(O)CC1=NCCN1O. The van der Waals surface area contributed by atoms with Crippen molar-refractivity contribution in [3.8, 4) is 0 Å². The average Bonchev–Trinajstić information content (AvgIpc) is 2.15. The number of aliphatic imine (C=N–C) groups is 1. The van der Waals surface area contributed by atoms with E-state index in [-0.39, 0.29) is 12.3 Å². The monoisotopic (exact) mass is 144 g/mol. The fourth-order valence-electron chi connectivity index (χ4n) is 0.767. The third-order valence-electron chi connectivity index (χ3n) is 1.21. The molecular weight excluding hydrogens is 136 g/mol. The third kappa shape index (κ3) is 1.44. The van der Waals surface area contributed by atoms with E-state index in [1.807, 2.05) is 0 Å². The Balaban J connectivity index is 2.47. The van der Waals surface area contributed by atoms with Crippen LogP contribution in [-0.4, -0.2) is 40.3 Å². The normalized spacial score (nSPS) is 17.3. The molecule has 0 aromatic heterocycles. The van der Waals surface area contributed by atoms with Crippen molar-refractivity contribution in [3.63, 3.8) is 0 Å². The van der Waals surface area contributed by atoms with Crippen LogP contribution >= 0.6 is 0 Å². The van der Waals surface area contributed by atoms with Crippen LogP contribution < -0.4 is 0 Å². The molecule has 1 aliphatic heterocycles. The summed E-state index contributed by atoms with van der Waals surface area (Å²) in [5.74, 6) is -0.729. The lowest BCUT2D eigenvalue weighted by Crippen LogP contribution is -2.25. The summed E-state index contributed by atoms with van der Waals surface area (Å²) < 4.78 is 0. The maximum absolute atomic E-state index is 10.1. The summed E-state index contributed by atoms with van der Waals surface area (Å²) in [6.45, 7) is 0.891. The van der Waals surface area contributed by atoms with Gasteiger partial charge in [-0.2, -0.15) is 0 Å². The second-order valence-corrected chi connectivity index (χ2v) is 1.99. The van der Waals surface area contributed by atoms with Gasteiger partial charge in [-0.15, -0.1) is 0 Å². The molecule has 0 bridgehead atoms. The van der Waals surface area contributed by atoms with Crippen molar-refractivity contribution >= 4 is 11.8 Å². The van der Waals surface area contributed by atoms with Gasteiger partial charge in [-0.25, -0.2) is 5.06 Å². The molecule has 10 heavy (non-hydrogen) atoms. The number of hydrogen-bond donors (Lipinski definition) is 2. The molecule has 0 saturated carbocycles. The van der Waals surface area contributed by atoms with Crippen LogP contribution in [0, 0.1) is 0 Å². The molecule has 1 rings (SSSR count). The Morgan fingerprint density at radius 2 is 2.50 bits per heavy atom. The molecule has 1 heterocycles. The number of rotatable bonds is 2. The van der Waals surface area contributed by atoms with Gasteiger partial charge < -0.3 is 5.11 Å². The Labute approximate surface area is 57.6 Å². The molecule has 0 atom stereocenters. The van der Waals surface area contributed by atoms with Gasteiger partial charge in [-0.1, -0.05) is 0 Å². The van der Waals surface area contributed by atoms with E-state index in [0.29, 0.717) is 13.1 Å². The zero-order chi connectivity index (χ0) is 7.56. The minimum absolute atomic E-state index is 0.198. The van der Waals surface area contributed by atoms with Crippen LogP contribution in [0.1, 0.15) is 6.42 Å². The maximum Gasteiger partial charge on any atom is 0.311 e. The zero-order valence-electron chi connectivity index (χ0n) is 5.32.